The SMILES string of the molecule is CCN=C1S[C@@H](CC(=O)Nc2cccc(Cl)c2Cl)C(=O)N1CC. The van der Waals surface area contributed by atoms with Crippen LogP contribution in [0.25, 0.3) is 0 Å². The highest BCUT2D eigenvalue weighted by molar-refractivity contribution is 8.15. The van der Waals surface area contributed by atoms with Crippen LogP contribution in [0.3, 0.4) is 0 Å². The highest BCUT2D eigenvalue weighted by Crippen LogP contribution is 2.32. The molecule has 1 saturated heterocycles. The van der Waals surface area contributed by atoms with E-state index in [1.807, 2.05) is 13.8 Å². The molecule has 2 amide bonds. The second kappa shape index (κ2) is 8.04. The predicted octanol–water partition coefficient (Wildman–Crippen LogP) is 3.66. The highest BCUT2D eigenvalue weighted by atomic mass is 35.5. The number of nitrogens with zero attached hydrogens (tertiary/aromatic N) is 2. The first-order valence-electron chi connectivity index (χ1n) is 7.24. The summed E-state index contributed by atoms with van der Waals surface area (Å²) in [6.07, 6.45) is 0.0611. The lowest BCUT2D eigenvalue weighted by Gasteiger charge is -2.13. The van der Waals surface area contributed by atoms with E-state index in [1.54, 1.807) is 23.1 Å². The maximum Gasteiger partial charge on any atom is 0.242 e. The summed E-state index contributed by atoms with van der Waals surface area (Å²) in [4.78, 5) is 30.4. The van der Waals surface area contributed by atoms with Crippen LogP contribution in [0.1, 0.15) is 20.3 Å². The van der Waals surface area contributed by atoms with E-state index in [4.69, 9.17) is 23.2 Å². The Kier molecular flexibility index (Phi) is 6.33. The molecule has 0 unspecified atom stereocenters. The number of halogens is 2. The summed E-state index contributed by atoms with van der Waals surface area (Å²) in [6.45, 7) is 4.94. The van der Waals surface area contributed by atoms with Gasteiger partial charge in [0.15, 0.2) is 5.17 Å². The minimum Gasteiger partial charge on any atom is -0.325 e. The van der Waals surface area contributed by atoms with E-state index >= 15 is 0 Å². The summed E-state index contributed by atoms with van der Waals surface area (Å²) in [5.41, 5.74) is 0.439. The van der Waals surface area contributed by atoms with E-state index in [2.05, 4.69) is 10.3 Å². The highest BCUT2D eigenvalue weighted by Gasteiger charge is 2.38. The van der Waals surface area contributed by atoms with E-state index in [0.717, 1.165) is 0 Å². The van der Waals surface area contributed by atoms with Crippen LogP contribution in [0.2, 0.25) is 10.0 Å². The standard InChI is InChI=1S/C15H17Cl2N3O2S/c1-3-18-15-20(4-2)14(22)11(23-15)8-12(21)19-10-7-5-6-9(16)13(10)17/h5-7,11H,3-4,8H2,1-2H3,(H,19,21)/t11-/m0/s1. The van der Waals surface area contributed by atoms with Gasteiger partial charge in [0, 0.05) is 19.5 Å². The van der Waals surface area contributed by atoms with Gasteiger partial charge in [0.25, 0.3) is 0 Å². The van der Waals surface area contributed by atoms with Gasteiger partial charge in [0.2, 0.25) is 11.8 Å². The van der Waals surface area contributed by atoms with Gasteiger partial charge in [-0.1, -0.05) is 41.0 Å². The molecule has 8 heteroatoms. The lowest BCUT2D eigenvalue weighted by atomic mass is 10.2. The van der Waals surface area contributed by atoms with Gasteiger partial charge in [0.05, 0.1) is 15.7 Å². The molecule has 1 aromatic rings. The number of benzene rings is 1. The molecule has 5 nitrogen and oxygen atoms in total. The predicted molar refractivity (Wildman–Crippen MR) is 96.5 cm³/mol. The van der Waals surface area contributed by atoms with Crippen molar-refractivity contribution in [2.45, 2.75) is 25.5 Å². The summed E-state index contributed by atoms with van der Waals surface area (Å²) < 4.78 is 0. The molecule has 1 fully saturated rings. The Morgan fingerprint density at radius 1 is 1.39 bits per heavy atom. The maximum absolute atomic E-state index is 12.3. The summed E-state index contributed by atoms with van der Waals surface area (Å²) >= 11 is 13.3. The molecule has 124 valence electrons. The molecule has 1 aliphatic rings. The summed E-state index contributed by atoms with van der Waals surface area (Å²) in [6, 6.07) is 5.00. The van der Waals surface area contributed by atoms with Gasteiger partial charge in [-0.05, 0) is 26.0 Å². The molecule has 0 aliphatic carbocycles. The van der Waals surface area contributed by atoms with E-state index in [0.29, 0.717) is 29.0 Å². The number of carbonyl (C=O) groups excluding carboxylic acids is 2. The molecule has 0 radical (unpaired) electrons. The van der Waals surface area contributed by atoms with Crippen LogP contribution >= 0.6 is 35.0 Å². The van der Waals surface area contributed by atoms with Crippen LogP contribution in [0.5, 0.6) is 0 Å². The second-order valence-electron chi connectivity index (χ2n) is 4.80. The number of hydrogen-bond acceptors (Lipinski definition) is 4. The Morgan fingerprint density at radius 3 is 2.78 bits per heavy atom. The van der Waals surface area contributed by atoms with Gasteiger partial charge in [-0.2, -0.15) is 0 Å². The number of hydrogen-bond donors (Lipinski definition) is 1. The Labute approximate surface area is 149 Å². The van der Waals surface area contributed by atoms with Gasteiger partial charge >= 0.3 is 0 Å². The van der Waals surface area contributed by atoms with Crippen LogP contribution in [0, 0.1) is 0 Å². The normalized spacial score (nSPS) is 19.5. The van der Waals surface area contributed by atoms with Crippen LogP contribution in [0.4, 0.5) is 5.69 Å². The van der Waals surface area contributed by atoms with E-state index < -0.39 is 5.25 Å². The fraction of sp³-hybridized carbons (Fsp3) is 0.400. The molecule has 1 aromatic carbocycles. The zero-order valence-corrected chi connectivity index (χ0v) is 15.1. The van der Waals surface area contributed by atoms with E-state index in [1.165, 1.54) is 11.8 Å². The first kappa shape index (κ1) is 18.1. The molecule has 0 saturated carbocycles. The van der Waals surface area contributed by atoms with Gasteiger partial charge in [0.1, 0.15) is 5.25 Å². The minimum atomic E-state index is -0.460. The third-order valence-corrected chi connectivity index (χ3v) is 5.26. The number of amidine groups is 1. The van der Waals surface area contributed by atoms with Gasteiger partial charge < -0.3 is 5.32 Å². The Balaban J connectivity index is 2.04. The molecule has 1 N–H and O–H groups in total. The molecule has 0 spiro atoms. The fourth-order valence-corrected chi connectivity index (χ4v) is 3.77. The lowest BCUT2D eigenvalue weighted by Crippen LogP contribution is -2.33. The molecule has 23 heavy (non-hydrogen) atoms. The number of thioether (sulfide) groups is 1. The number of aliphatic imine (C=N–C) groups is 1. The molecular weight excluding hydrogens is 357 g/mol. The number of amides is 2. The van der Waals surface area contributed by atoms with Crippen molar-refractivity contribution in [1.29, 1.82) is 0 Å². The zero-order chi connectivity index (χ0) is 17.0. The van der Waals surface area contributed by atoms with Crippen molar-refractivity contribution in [1.82, 2.24) is 4.90 Å². The average Bonchev–Trinajstić information content (AvgIpc) is 2.79. The molecule has 2 rings (SSSR count). The molecule has 1 aliphatic heterocycles. The molecule has 1 heterocycles. The fourth-order valence-electron chi connectivity index (χ4n) is 2.16. The topological polar surface area (TPSA) is 61.8 Å². The third kappa shape index (κ3) is 4.19. The van der Waals surface area contributed by atoms with E-state index in [-0.39, 0.29) is 23.3 Å². The molecular formula is C15H17Cl2N3O2S. The van der Waals surface area contributed by atoms with E-state index in [9.17, 15) is 9.59 Å². The smallest absolute Gasteiger partial charge is 0.242 e. The van der Waals surface area contributed by atoms with Crippen molar-refractivity contribution in [2.24, 2.45) is 4.99 Å². The van der Waals surface area contributed by atoms with Gasteiger partial charge in [-0.15, -0.1) is 0 Å². The Hall–Kier alpha value is -1.24. The van der Waals surface area contributed by atoms with Crippen molar-refractivity contribution in [3.63, 3.8) is 0 Å². The summed E-state index contributed by atoms with van der Waals surface area (Å²) in [5.74, 6) is -0.370. The Morgan fingerprint density at radius 2 is 2.13 bits per heavy atom. The maximum atomic E-state index is 12.3. The molecule has 0 bridgehead atoms. The monoisotopic (exact) mass is 373 g/mol. The number of rotatable bonds is 5. The van der Waals surface area contributed by atoms with Crippen LogP contribution in [0.15, 0.2) is 23.2 Å². The van der Waals surface area contributed by atoms with Crippen molar-refractivity contribution in [2.75, 3.05) is 18.4 Å². The first-order valence-corrected chi connectivity index (χ1v) is 8.87. The molecule has 1 atom stereocenters. The number of nitrogens with one attached hydrogen (secondary N) is 1. The summed E-state index contributed by atoms with van der Waals surface area (Å²) in [7, 11) is 0. The molecule has 0 aromatic heterocycles. The van der Waals surface area contributed by atoms with Gasteiger partial charge in [-0.25, -0.2) is 0 Å². The Bertz CT molecular complexity index is 652. The zero-order valence-electron chi connectivity index (χ0n) is 12.8. The largest absolute Gasteiger partial charge is 0.325 e. The third-order valence-electron chi connectivity index (χ3n) is 3.23. The van der Waals surface area contributed by atoms with Crippen molar-refractivity contribution in [3.8, 4) is 0 Å². The van der Waals surface area contributed by atoms with Gasteiger partial charge in [-0.3, -0.25) is 19.5 Å². The van der Waals surface area contributed by atoms with Crippen LogP contribution in [-0.4, -0.2) is 40.2 Å². The minimum absolute atomic E-state index is 0.0611. The van der Waals surface area contributed by atoms with Crippen molar-refractivity contribution < 1.29 is 9.59 Å². The number of anilines is 1. The van der Waals surface area contributed by atoms with Crippen LogP contribution < -0.4 is 5.32 Å². The quantitative estimate of drug-likeness (QED) is 0.856. The summed E-state index contributed by atoms with van der Waals surface area (Å²) in [5, 5.41) is 3.57. The second-order valence-corrected chi connectivity index (χ2v) is 6.75. The first-order chi connectivity index (χ1) is 11.0. The van der Waals surface area contributed by atoms with Crippen molar-refractivity contribution >= 4 is 57.6 Å². The van der Waals surface area contributed by atoms with Crippen molar-refractivity contribution in [3.05, 3.63) is 28.2 Å². The average molecular weight is 374 g/mol. The lowest BCUT2D eigenvalue weighted by molar-refractivity contribution is -0.128. The number of carbonyl (C=O) groups is 2. The van der Waals surface area contributed by atoms with Crippen LogP contribution in [-0.2, 0) is 9.59 Å².